The van der Waals surface area contributed by atoms with E-state index in [9.17, 15) is 4.79 Å². The van der Waals surface area contributed by atoms with E-state index in [1.54, 1.807) is 12.1 Å². The van der Waals surface area contributed by atoms with Gasteiger partial charge in [0.1, 0.15) is 0 Å². The van der Waals surface area contributed by atoms with Crippen molar-refractivity contribution in [2.75, 3.05) is 20.8 Å². The van der Waals surface area contributed by atoms with Gasteiger partial charge in [-0.1, -0.05) is 5.16 Å². The van der Waals surface area contributed by atoms with Crippen molar-refractivity contribution in [2.24, 2.45) is 5.16 Å². The SMILES string of the molecule is COC(=O)COc1cc(Br)c(/C=N\O)cc1OC. The first kappa shape index (κ1) is 14.3. The molecule has 0 amide bonds. The second kappa shape index (κ2) is 6.85. The van der Waals surface area contributed by atoms with E-state index in [0.717, 1.165) is 0 Å². The molecule has 0 saturated carbocycles. The van der Waals surface area contributed by atoms with Crippen LogP contribution in [0.5, 0.6) is 11.5 Å². The molecule has 0 spiro atoms. The first-order valence-electron chi connectivity index (χ1n) is 4.87. The van der Waals surface area contributed by atoms with Crippen LogP contribution in [0.25, 0.3) is 0 Å². The number of nitrogens with zero attached hydrogens (tertiary/aromatic N) is 1. The van der Waals surface area contributed by atoms with Gasteiger partial charge in [-0.25, -0.2) is 4.79 Å². The zero-order valence-electron chi connectivity index (χ0n) is 9.84. The van der Waals surface area contributed by atoms with E-state index in [1.165, 1.54) is 20.4 Å². The molecule has 0 aliphatic heterocycles. The maximum absolute atomic E-state index is 11.0. The fourth-order valence-electron chi connectivity index (χ4n) is 1.18. The van der Waals surface area contributed by atoms with Gasteiger partial charge in [-0.2, -0.15) is 0 Å². The molecule has 1 aromatic carbocycles. The predicted molar refractivity (Wildman–Crippen MR) is 67.6 cm³/mol. The topological polar surface area (TPSA) is 77.4 Å². The van der Waals surface area contributed by atoms with Crippen LogP contribution in [-0.2, 0) is 9.53 Å². The number of methoxy groups -OCH3 is 2. The number of hydrogen-bond donors (Lipinski definition) is 1. The van der Waals surface area contributed by atoms with Crippen molar-refractivity contribution in [3.63, 3.8) is 0 Å². The van der Waals surface area contributed by atoms with Crippen molar-refractivity contribution in [1.29, 1.82) is 0 Å². The fourth-order valence-corrected chi connectivity index (χ4v) is 1.60. The number of benzene rings is 1. The Bertz CT molecular complexity index is 461. The van der Waals surface area contributed by atoms with Crippen LogP contribution in [0, 0.1) is 0 Å². The van der Waals surface area contributed by atoms with Crippen molar-refractivity contribution in [3.05, 3.63) is 22.2 Å². The molecule has 1 rings (SSSR count). The molecule has 18 heavy (non-hydrogen) atoms. The summed E-state index contributed by atoms with van der Waals surface area (Å²) in [6.45, 7) is -0.216. The van der Waals surface area contributed by atoms with E-state index >= 15 is 0 Å². The van der Waals surface area contributed by atoms with Gasteiger partial charge in [0.25, 0.3) is 0 Å². The minimum absolute atomic E-state index is 0.216. The van der Waals surface area contributed by atoms with Crippen LogP contribution in [-0.4, -0.2) is 38.2 Å². The molecule has 0 aliphatic carbocycles. The van der Waals surface area contributed by atoms with Gasteiger partial charge in [-0.15, -0.1) is 0 Å². The second-order valence-corrected chi connectivity index (χ2v) is 3.99. The highest BCUT2D eigenvalue weighted by Crippen LogP contribution is 2.32. The lowest BCUT2D eigenvalue weighted by molar-refractivity contribution is -0.142. The van der Waals surface area contributed by atoms with Crippen LogP contribution in [0.1, 0.15) is 5.56 Å². The molecular formula is C11H12BrNO5. The van der Waals surface area contributed by atoms with E-state index < -0.39 is 5.97 Å². The van der Waals surface area contributed by atoms with Gasteiger partial charge in [0.05, 0.1) is 20.4 Å². The molecule has 98 valence electrons. The molecule has 0 heterocycles. The Hall–Kier alpha value is -1.76. The number of rotatable bonds is 5. The summed E-state index contributed by atoms with van der Waals surface area (Å²) in [6, 6.07) is 3.22. The minimum atomic E-state index is -0.492. The Kier molecular flexibility index (Phi) is 5.44. The van der Waals surface area contributed by atoms with Crippen LogP contribution >= 0.6 is 15.9 Å². The van der Waals surface area contributed by atoms with Gasteiger partial charge < -0.3 is 19.4 Å². The lowest BCUT2D eigenvalue weighted by Gasteiger charge is -2.11. The standard InChI is InChI=1S/C11H12BrNO5/c1-16-9-3-7(5-13-15)8(12)4-10(9)18-6-11(14)17-2/h3-5,15H,6H2,1-2H3/b13-5-. The van der Waals surface area contributed by atoms with Gasteiger partial charge >= 0.3 is 5.97 Å². The number of oxime groups is 1. The Morgan fingerprint density at radius 3 is 2.72 bits per heavy atom. The third kappa shape index (κ3) is 3.63. The van der Waals surface area contributed by atoms with Crippen molar-refractivity contribution in [2.45, 2.75) is 0 Å². The van der Waals surface area contributed by atoms with Gasteiger partial charge in [0.15, 0.2) is 18.1 Å². The highest BCUT2D eigenvalue weighted by atomic mass is 79.9. The number of halogens is 1. The van der Waals surface area contributed by atoms with E-state index in [1.807, 2.05) is 0 Å². The zero-order chi connectivity index (χ0) is 13.5. The predicted octanol–water partition coefficient (Wildman–Crippen LogP) is 1.82. The maximum Gasteiger partial charge on any atom is 0.343 e. The first-order valence-corrected chi connectivity index (χ1v) is 5.66. The first-order chi connectivity index (χ1) is 8.62. The summed E-state index contributed by atoms with van der Waals surface area (Å²) >= 11 is 3.28. The number of hydrogen-bond acceptors (Lipinski definition) is 6. The molecule has 1 N–H and O–H groups in total. The van der Waals surface area contributed by atoms with Crippen LogP contribution < -0.4 is 9.47 Å². The van der Waals surface area contributed by atoms with Crippen molar-refractivity contribution < 1.29 is 24.2 Å². The van der Waals surface area contributed by atoms with Gasteiger partial charge in [-0.05, 0) is 28.1 Å². The van der Waals surface area contributed by atoms with Crippen LogP contribution in [0.3, 0.4) is 0 Å². The van der Waals surface area contributed by atoms with E-state index in [-0.39, 0.29) is 6.61 Å². The Morgan fingerprint density at radius 2 is 2.17 bits per heavy atom. The lowest BCUT2D eigenvalue weighted by atomic mass is 10.2. The van der Waals surface area contributed by atoms with E-state index in [4.69, 9.17) is 14.7 Å². The minimum Gasteiger partial charge on any atom is -0.493 e. The van der Waals surface area contributed by atoms with Crippen LogP contribution in [0.2, 0.25) is 0 Å². The zero-order valence-corrected chi connectivity index (χ0v) is 11.4. The van der Waals surface area contributed by atoms with Crippen molar-refractivity contribution >= 4 is 28.1 Å². The third-order valence-electron chi connectivity index (χ3n) is 2.05. The molecule has 6 nitrogen and oxygen atoms in total. The summed E-state index contributed by atoms with van der Waals surface area (Å²) in [5, 5.41) is 11.4. The summed E-state index contributed by atoms with van der Waals surface area (Å²) in [5.74, 6) is 0.302. The normalized spacial score (nSPS) is 10.4. The molecular weight excluding hydrogens is 306 g/mol. The summed E-state index contributed by atoms with van der Waals surface area (Å²) in [4.78, 5) is 11.0. The maximum atomic E-state index is 11.0. The number of carbonyl (C=O) groups excluding carboxylic acids is 1. The second-order valence-electron chi connectivity index (χ2n) is 3.13. The highest BCUT2D eigenvalue weighted by molar-refractivity contribution is 9.10. The number of carbonyl (C=O) groups is 1. The molecule has 0 saturated heterocycles. The summed E-state index contributed by atoms with van der Waals surface area (Å²) in [7, 11) is 2.74. The summed E-state index contributed by atoms with van der Waals surface area (Å²) in [6.07, 6.45) is 1.25. The molecule has 0 aromatic heterocycles. The van der Waals surface area contributed by atoms with Crippen molar-refractivity contribution in [1.82, 2.24) is 0 Å². The molecule has 0 aliphatic rings. The van der Waals surface area contributed by atoms with Crippen molar-refractivity contribution in [3.8, 4) is 11.5 Å². The Morgan fingerprint density at radius 1 is 1.44 bits per heavy atom. The largest absolute Gasteiger partial charge is 0.493 e. The monoisotopic (exact) mass is 317 g/mol. The molecule has 0 unspecified atom stereocenters. The molecule has 0 fully saturated rings. The summed E-state index contributed by atoms with van der Waals surface area (Å²) in [5.41, 5.74) is 0.611. The average Bonchev–Trinajstić information content (AvgIpc) is 2.38. The van der Waals surface area contributed by atoms with Gasteiger partial charge in [0, 0.05) is 10.0 Å². The number of ether oxygens (including phenoxy) is 3. The Labute approximate surface area is 112 Å². The van der Waals surface area contributed by atoms with Crippen LogP contribution in [0.15, 0.2) is 21.8 Å². The smallest absolute Gasteiger partial charge is 0.343 e. The molecule has 0 radical (unpaired) electrons. The third-order valence-corrected chi connectivity index (χ3v) is 2.74. The molecule has 0 bridgehead atoms. The summed E-state index contributed by atoms with van der Waals surface area (Å²) < 4.78 is 15.5. The molecule has 7 heteroatoms. The lowest BCUT2D eigenvalue weighted by Crippen LogP contribution is -2.13. The quantitative estimate of drug-likeness (QED) is 0.388. The van der Waals surface area contributed by atoms with Gasteiger partial charge in [-0.3, -0.25) is 0 Å². The average molecular weight is 318 g/mol. The van der Waals surface area contributed by atoms with E-state index in [0.29, 0.717) is 21.5 Å². The molecule has 1 aromatic rings. The Balaban J connectivity index is 2.97. The highest BCUT2D eigenvalue weighted by Gasteiger charge is 2.11. The van der Waals surface area contributed by atoms with E-state index in [2.05, 4.69) is 25.8 Å². The van der Waals surface area contributed by atoms with Crippen LogP contribution in [0.4, 0.5) is 0 Å². The fraction of sp³-hybridized carbons (Fsp3) is 0.273. The van der Waals surface area contributed by atoms with Gasteiger partial charge in [0.2, 0.25) is 0 Å². The molecule has 0 atom stereocenters. The number of esters is 1.